The average molecular weight is 343 g/mol. The van der Waals surface area contributed by atoms with Crippen molar-refractivity contribution in [2.75, 3.05) is 5.32 Å². The Balaban J connectivity index is 1.49. The molecule has 0 aliphatic rings. The summed E-state index contributed by atoms with van der Waals surface area (Å²) >= 11 is 0. The minimum absolute atomic E-state index is 0.0458. The number of nitrogens with zero attached hydrogens (tertiary/aromatic N) is 2. The summed E-state index contributed by atoms with van der Waals surface area (Å²) in [5.41, 5.74) is 0.779. The predicted molar refractivity (Wildman–Crippen MR) is 87.7 cm³/mol. The van der Waals surface area contributed by atoms with Crippen LogP contribution in [0.1, 0.15) is 18.7 Å². The molecular weight excluding hydrogens is 328 g/mol. The van der Waals surface area contributed by atoms with Crippen LogP contribution >= 0.6 is 0 Å². The Hall–Kier alpha value is -3.09. The van der Waals surface area contributed by atoms with E-state index in [1.807, 2.05) is 30.3 Å². The molecule has 1 amide bonds. The minimum atomic E-state index is -0.808. The number of hydrogen-bond acceptors (Lipinski definition) is 4. The molecular formula is C18H15F2N3O2. The number of rotatable bonds is 6. The molecule has 7 heteroatoms. The molecule has 0 saturated carbocycles. The molecule has 0 saturated heterocycles. The summed E-state index contributed by atoms with van der Waals surface area (Å²) in [6.45, 7) is 0. The van der Waals surface area contributed by atoms with E-state index in [9.17, 15) is 13.6 Å². The number of amides is 1. The van der Waals surface area contributed by atoms with Crippen molar-refractivity contribution in [2.45, 2.75) is 19.3 Å². The van der Waals surface area contributed by atoms with Gasteiger partial charge < -0.3 is 9.73 Å². The van der Waals surface area contributed by atoms with E-state index in [1.165, 1.54) is 6.07 Å². The molecule has 128 valence electrons. The molecule has 0 radical (unpaired) electrons. The number of aryl methyl sites for hydroxylation is 1. The Kier molecular flexibility index (Phi) is 5.13. The monoisotopic (exact) mass is 343 g/mol. The topological polar surface area (TPSA) is 68.0 Å². The van der Waals surface area contributed by atoms with Crippen molar-refractivity contribution < 1.29 is 18.0 Å². The van der Waals surface area contributed by atoms with Crippen molar-refractivity contribution >= 4 is 11.6 Å². The Morgan fingerprint density at radius 2 is 1.88 bits per heavy atom. The van der Waals surface area contributed by atoms with Gasteiger partial charge in [0.15, 0.2) is 0 Å². The van der Waals surface area contributed by atoms with E-state index in [4.69, 9.17) is 4.42 Å². The van der Waals surface area contributed by atoms with Gasteiger partial charge in [-0.3, -0.25) is 4.79 Å². The standard InChI is InChI=1S/C18H15F2N3O2/c19-13-9-10-15(14(20)11-13)21-16(24)7-4-8-17-22-23-18(25-17)12-5-2-1-3-6-12/h1-3,5-6,9-11H,4,7-8H2,(H,21,24). The highest BCUT2D eigenvalue weighted by atomic mass is 19.1. The first-order chi connectivity index (χ1) is 12.1. The van der Waals surface area contributed by atoms with Gasteiger partial charge in [0.1, 0.15) is 11.6 Å². The second-order valence-electron chi connectivity index (χ2n) is 5.39. The van der Waals surface area contributed by atoms with E-state index in [0.29, 0.717) is 24.6 Å². The van der Waals surface area contributed by atoms with Crippen molar-refractivity contribution in [1.82, 2.24) is 10.2 Å². The van der Waals surface area contributed by atoms with Crippen LogP contribution < -0.4 is 5.32 Å². The van der Waals surface area contributed by atoms with Crippen LogP contribution in [0.2, 0.25) is 0 Å². The minimum Gasteiger partial charge on any atom is -0.421 e. The largest absolute Gasteiger partial charge is 0.421 e. The van der Waals surface area contributed by atoms with Crippen LogP contribution in [0.4, 0.5) is 14.5 Å². The highest BCUT2D eigenvalue weighted by molar-refractivity contribution is 5.90. The fourth-order valence-electron chi connectivity index (χ4n) is 2.26. The van der Waals surface area contributed by atoms with Gasteiger partial charge in [-0.15, -0.1) is 10.2 Å². The summed E-state index contributed by atoms with van der Waals surface area (Å²) in [6.07, 6.45) is 1.05. The lowest BCUT2D eigenvalue weighted by atomic mass is 10.2. The van der Waals surface area contributed by atoms with E-state index < -0.39 is 11.6 Å². The van der Waals surface area contributed by atoms with Gasteiger partial charge in [-0.1, -0.05) is 18.2 Å². The van der Waals surface area contributed by atoms with Crippen LogP contribution in [0, 0.1) is 11.6 Å². The van der Waals surface area contributed by atoms with Crippen LogP contribution in [-0.4, -0.2) is 16.1 Å². The van der Waals surface area contributed by atoms with Crippen LogP contribution in [0.3, 0.4) is 0 Å². The second kappa shape index (κ2) is 7.65. The Morgan fingerprint density at radius 1 is 1.08 bits per heavy atom. The number of hydrogen-bond donors (Lipinski definition) is 1. The molecule has 1 aromatic heterocycles. The molecule has 0 aliphatic carbocycles. The summed E-state index contributed by atoms with van der Waals surface area (Å²) in [4.78, 5) is 11.8. The van der Waals surface area contributed by atoms with Gasteiger partial charge >= 0.3 is 0 Å². The molecule has 3 aromatic rings. The molecule has 25 heavy (non-hydrogen) atoms. The lowest BCUT2D eigenvalue weighted by Gasteiger charge is -2.05. The summed E-state index contributed by atoms with van der Waals surface area (Å²) in [6, 6.07) is 12.4. The fraction of sp³-hybridized carbons (Fsp3) is 0.167. The molecule has 1 N–H and O–H groups in total. The number of aromatic nitrogens is 2. The van der Waals surface area contributed by atoms with Crippen LogP contribution in [-0.2, 0) is 11.2 Å². The van der Waals surface area contributed by atoms with Gasteiger partial charge in [-0.25, -0.2) is 8.78 Å². The van der Waals surface area contributed by atoms with E-state index in [-0.39, 0.29) is 18.0 Å². The second-order valence-corrected chi connectivity index (χ2v) is 5.39. The summed E-state index contributed by atoms with van der Waals surface area (Å²) in [7, 11) is 0. The summed E-state index contributed by atoms with van der Waals surface area (Å²) < 4.78 is 31.8. The van der Waals surface area contributed by atoms with Crippen molar-refractivity contribution in [1.29, 1.82) is 0 Å². The van der Waals surface area contributed by atoms with Gasteiger partial charge in [0, 0.05) is 24.5 Å². The smallest absolute Gasteiger partial charge is 0.247 e. The molecule has 0 aliphatic heterocycles. The number of halogens is 2. The number of carbonyl (C=O) groups excluding carboxylic acids is 1. The van der Waals surface area contributed by atoms with E-state index in [0.717, 1.165) is 17.7 Å². The first-order valence-corrected chi connectivity index (χ1v) is 7.74. The number of carbonyl (C=O) groups is 1. The zero-order valence-corrected chi connectivity index (χ0v) is 13.2. The molecule has 0 fully saturated rings. The number of nitrogens with one attached hydrogen (secondary N) is 1. The third kappa shape index (κ3) is 4.47. The van der Waals surface area contributed by atoms with Crippen LogP contribution in [0.15, 0.2) is 52.9 Å². The van der Waals surface area contributed by atoms with E-state index in [2.05, 4.69) is 15.5 Å². The van der Waals surface area contributed by atoms with E-state index in [1.54, 1.807) is 0 Å². The highest BCUT2D eigenvalue weighted by Crippen LogP contribution is 2.18. The van der Waals surface area contributed by atoms with Gasteiger partial charge in [-0.2, -0.15) is 0 Å². The maximum Gasteiger partial charge on any atom is 0.247 e. The zero-order chi connectivity index (χ0) is 17.6. The molecule has 0 unspecified atom stereocenters. The Labute approximate surface area is 142 Å². The van der Waals surface area contributed by atoms with Crippen molar-refractivity contribution in [2.24, 2.45) is 0 Å². The van der Waals surface area contributed by atoms with Gasteiger partial charge in [-0.05, 0) is 30.7 Å². The van der Waals surface area contributed by atoms with Crippen molar-refractivity contribution in [3.8, 4) is 11.5 Å². The van der Waals surface area contributed by atoms with Gasteiger partial charge in [0.05, 0.1) is 5.69 Å². The summed E-state index contributed by atoms with van der Waals surface area (Å²) in [5, 5.41) is 10.3. The molecule has 0 atom stereocenters. The number of benzene rings is 2. The quantitative estimate of drug-likeness (QED) is 0.735. The average Bonchev–Trinajstić information content (AvgIpc) is 3.07. The molecule has 2 aromatic carbocycles. The third-order valence-electron chi connectivity index (χ3n) is 3.49. The zero-order valence-electron chi connectivity index (χ0n) is 13.2. The first-order valence-electron chi connectivity index (χ1n) is 7.74. The van der Waals surface area contributed by atoms with Gasteiger partial charge in [0.2, 0.25) is 17.7 Å². The fourth-order valence-corrected chi connectivity index (χ4v) is 2.26. The van der Waals surface area contributed by atoms with E-state index >= 15 is 0 Å². The normalized spacial score (nSPS) is 10.6. The highest BCUT2D eigenvalue weighted by Gasteiger charge is 2.11. The molecule has 1 heterocycles. The number of anilines is 1. The Morgan fingerprint density at radius 3 is 2.64 bits per heavy atom. The molecule has 3 rings (SSSR count). The first kappa shape index (κ1) is 16.8. The maximum atomic E-state index is 13.5. The lowest BCUT2D eigenvalue weighted by molar-refractivity contribution is -0.116. The van der Waals surface area contributed by atoms with Crippen molar-refractivity contribution in [3.05, 3.63) is 66.1 Å². The molecule has 0 bridgehead atoms. The predicted octanol–water partition coefficient (Wildman–Crippen LogP) is 3.98. The van der Waals surface area contributed by atoms with Crippen molar-refractivity contribution in [3.63, 3.8) is 0 Å². The summed E-state index contributed by atoms with van der Waals surface area (Å²) in [5.74, 6) is -1.01. The van der Waals surface area contributed by atoms with Crippen LogP contribution in [0.25, 0.3) is 11.5 Å². The maximum absolute atomic E-state index is 13.5. The lowest BCUT2D eigenvalue weighted by Crippen LogP contribution is -2.12. The Bertz CT molecular complexity index is 866. The third-order valence-corrected chi connectivity index (χ3v) is 3.49. The SMILES string of the molecule is O=C(CCCc1nnc(-c2ccccc2)o1)Nc1ccc(F)cc1F. The molecule has 5 nitrogen and oxygen atoms in total. The molecule has 0 spiro atoms. The van der Waals surface area contributed by atoms with Crippen LogP contribution in [0.5, 0.6) is 0 Å². The van der Waals surface area contributed by atoms with Gasteiger partial charge in [0.25, 0.3) is 0 Å².